The van der Waals surface area contributed by atoms with Gasteiger partial charge in [0, 0.05) is 61.9 Å². The predicted octanol–water partition coefficient (Wildman–Crippen LogP) is 4.38. The van der Waals surface area contributed by atoms with E-state index in [0.29, 0.717) is 11.6 Å². The summed E-state index contributed by atoms with van der Waals surface area (Å²) < 4.78 is 0. The first-order valence-electron chi connectivity index (χ1n) is 11.1. The number of carbonyl (C=O) groups is 1. The van der Waals surface area contributed by atoms with E-state index >= 15 is 0 Å². The Hall–Kier alpha value is -2.53. The molecule has 4 rings (SSSR count). The van der Waals surface area contributed by atoms with Gasteiger partial charge in [-0.15, -0.1) is 0 Å². The van der Waals surface area contributed by atoms with E-state index in [-0.39, 0.29) is 5.91 Å². The van der Waals surface area contributed by atoms with Crippen LogP contribution < -0.4 is 15.1 Å². The van der Waals surface area contributed by atoms with Gasteiger partial charge < -0.3 is 15.1 Å². The van der Waals surface area contributed by atoms with Gasteiger partial charge in [0.2, 0.25) is 0 Å². The number of anilines is 3. The van der Waals surface area contributed by atoms with Gasteiger partial charge in [-0.3, -0.25) is 9.69 Å². The van der Waals surface area contributed by atoms with Gasteiger partial charge in [-0.2, -0.15) is 0 Å². The second kappa shape index (κ2) is 8.68. The van der Waals surface area contributed by atoms with Crippen molar-refractivity contribution >= 4 is 23.0 Å². The zero-order valence-corrected chi connectivity index (χ0v) is 18.7. The van der Waals surface area contributed by atoms with E-state index in [4.69, 9.17) is 0 Å². The van der Waals surface area contributed by atoms with Gasteiger partial charge in [0.1, 0.15) is 0 Å². The number of nitrogens with one attached hydrogen (secondary N) is 1. The van der Waals surface area contributed by atoms with Crippen LogP contribution in [-0.4, -0.2) is 56.6 Å². The average molecular weight is 407 g/mol. The molecule has 5 heteroatoms. The van der Waals surface area contributed by atoms with Crippen molar-refractivity contribution in [1.82, 2.24) is 4.90 Å². The summed E-state index contributed by atoms with van der Waals surface area (Å²) in [5, 5.41) is 3.06. The molecule has 1 N–H and O–H groups in total. The van der Waals surface area contributed by atoms with Crippen molar-refractivity contribution in [2.24, 2.45) is 0 Å². The van der Waals surface area contributed by atoms with E-state index in [1.807, 2.05) is 49.3 Å². The summed E-state index contributed by atoms with van der Waals surface area (Å²) in [4.78, 5) is 19.9. The first kappa shape index (κ1) is 20.7. The molecule has 2 aromatic rings. The van der Waals surface area contributed by atoms with Crippen molar-refractivity contribution in [2.75, 3.05) is 48.8 Å². The SMILES string of the molecule is Cc1cc(NC(=O)c2cccc(N(C)C)c2)ccc1N1CCC(N2CCCC2C)C1. The molecular weight excluding hydrogens is 372 g/mol. The molecule has 2 aromatic carbocycles. The summed E-state index contributed by atoms with van der Waals surface area (Å²) in [7, 11) is 3.96. The molecule has 2 unspecified atom stereocenters. The van der Waals surface area contributed by atoms with E-state index in [0.717, 1.165) is 30.5 Å². The third-order valence-electron chi connectivity index (χ3n) is 6.66. The van der Waals surface area contributed by atoms with Gasteiger partial charge in [0.05, 0.1) is 0 Å². The topological polar surface area (TPSA) is 38.8 Å². The summed E-state index contributed by atoms with van der Waals surface area (Å²) in [5.41, 5.74) is 5.04. The second-order valence-electron chi connectivity index (χ2n) is 9.02. The van der Waals surface area contributed by atoms with Crippen LogP contribution in [0.15, 0.2) is 42.5 Å². The molecule has 160 valence electrons. The fourth-order valence-corrected chi connectivity index (χ4v) is 4.95. The first-order valence-corrected chi connectivity index (χ1v) is 11.1. The number of benzene rings is 2. The number of carbonyl (C=O) groups excluding carboxylic acids is 1. The smallest absolute Gasteiger partial charge is 0.255 e. The van der Waals surface area contributed by atoms with Crippen molar-refractivity contribution in [3.05, 3.63) is 53.6 Å². The lowest BCUT2D eigenvalue weighted by Crippen LogP contribution is -2.39. The molecule has 2 heterocycles. The molecule has 2 atom stereocenters. The molecule has 2 aliphatic heterocycles. The van der Waals surface area contributed by atoms with Gasteiger partial charge >= 0.3 is 0 Å². The van der Waals surface area contributed by atoms with Crippen LogP contribution in [0.2, 0.25) is 0 Å². The summed E-state index contributed by atoms with van der Waals surface area (Å²) in [6.45, 7) is 7.97. The van der Waals surface area contributed by atoms with Gasteiger partial charge in [0.25, 0.3) is 5.91 Å². The van der Waals surface area contributed by atoms with Crippen molar-refractivity contribution in [3.8, 4) is 0 Å². The molecule has 0 spiro atoms. The number of rotatable bonds is 5. The van der Waals surface area contributed by atoms with E-state index in [1.54, 1.807) is 0 Å². The van der Waals surface area contributed by atoms with Gasteiger partial charge in [-0.05, 0) is 81.6 Å². The van der Waals surface area contributed by atoms with E-state index in [1.165, 1.54) is 37.1 Å². The Morgan fingerprint density at radius 3 is 2.63 bits per heavy atom. The Morgan fingerprint density at radius 2 is 1.93 bits per heavy atom. The maximum absolute atomic E-state index is 12.7. The summed E-state index contributed by atoms with van der Waals surface area (Å²) in [6, 6.07) is 15.4. The van der Waals surface area contributed by atoms with Crippen LogP contribution in [0.1, 0.15) is 42.1 Å². The number of aryl methyl sites for hydroxylation is 1. The molecule has 0 aromatic heterocycles. The third kappa shape index (κ3) is 4.31. The Kier molecular flexibility index (Phi) is 6.00. The fourth-order valence-electron chi connectivity index (χ4n) is 4.95. The molecule has 0 radical (unpaired) electrons. The van der Waals surface area contributed by atoms with Crippen LogP contribution in [0.3, 0.4) is 0 Å². The van der Waals surface area contributed by atoms with Crippen LogP contribution in [0.5, 0.6) is 0 Å². The number of hydrogen-bond donors (Lipinski definition) is 1. The van der Waals surface area contributed by atoms with Crippen LogP contribution in [-0.2, 0) is 0 Å². The second-order valence-corrected chi connectivity index (χ2v) is 9.02. The number of nitrogens with zero attached hydrogens (tertiary/aromatic N) is 3. The summed E-state index contributed by atoms with van der Waals surface area (Å²) in [5.74, 6) is -0.0740. The lowest BCUT2D eigenvalue weighted by atomic mass is 10.1. The highest BCUT2D eigenvalue weighted by Crippen LogP contribution is 2.31. The van der Waals surface area contributed by atoms with Crippen molar-refractivity contribution in [2.45, 2.75) is 45.2 Å². The lowest BCUT2D eigenvalue weighted by Gasteiger charge is -2.29. The number of likely N-dealkylation sites (tertiary alicyclic amines) is 1. The zero-order chi connectivity index (χ0) is 21.3. The quantitative estimate of drug-likeness (QED) is 0.800. The zero-order valence-electron chi connectivity index (χ0n) is 18.7. The number of amides is 1. The summed E-state index contributed by atoms with van der Waals surface area (Å²) >= 11 is 0. The van der Waals surface area contributed by atoms with Crippen LogP contribution in [0.25, 0.3) is 0 Å². The molecule has 5 nitrogen and oxygen atoms in total. The standard InChI is InChI=1S/C25H34N4O/c1-18-15-21(26-25(30)20-8-5-9-22(16-20)27(3)4)10-11-24(18)28-14-12-23(17-28)29-13-6-7-19(29)2/h5,8-11,15-16,19,23H,6-7,12-14,17H2,1-4H3,(H,26,30). The normalized spacial score (nSPS) is 21.8. The maximum atomic E-state index is 12.7. The number of hydrogen-bond acceptors (Lipinski definition) is 4. The minimum absolute atomic E-state index is 0.0740. The lowest BCUT2D eigenvalue weighted by molar-refractivity contribution is 0.102. The average Bonchev–Trinajstić information content (AvgIpc) is 3.37. The molecule has 2 aliphatic rings. The molecule has 2 saturated heterocycles. The molecule has 1 amide bonds. The molecule has 0 saturated carbocycles. The molecule has 2 fully saturated rings. The van der Waals surface area contributed by atoms with Crippen molar-refractivity contribution in [1.29, 1.82) is 0 Å². The molecule has 30 heavy (non-hydrogen) atoms. The predicted molar refractivity (Wildman–Crippen MR) is 126 cm³/mol. The van der Waals surface area contributed by atoms with Crippen molar-refractivity contribution in [3.63, 3.8) is 0 Å². The molecule has 0 bridgehead atoms. The third-order valence-corrected chi connectivity index (χ3v) is 6.66. The van der Waals surface area contributed by atoms with Gasteiger partial charge in [0.15, 0.2) is 0 Å². The van der Waals surface area contributed by atoms with E-state index in [2.05, 4.69) is 41.1 Å². The highest BCUT2D eigenvalue weighted by Gasteiger charge is 2.33. The Labute approximate surface area is 180 Å². The van der Waals surface area contributed by atoms with Crippen molar-refractivity contribution < 1.29 is 4.79 Å². The maximum Gasteiger partial charge on any atom is 0.255 e. The van der Waals surface area contributed by atoms with Crippen LogP contribution in [0, 0.1) is 6.92 Å². The van der Waals surface area contributed by atoms with E-state index in [9.17, 15) is 4.79 Å². The largest absolute Gasteiger partial charge is 0.378 e. The Balaban J connectivity index is 1.42. The minimum Gasteiger partial charge on any atom is -0.378 e. The van der Waals surface area contributed by atoms with Crippen LogP contribution >= 0.6 is 0 Å². The van der Waals surface area contributed by atoms with Gasteiger partial charge in [-0.25, -0.2) is 0 Å². The van der Waals surface area contributed by atoms with E-state index < -0.39 is 0 Å². The highest BCUT2D eigenvalue weighted by atomic mass is 16.1. The minimum atomic E-state index is -0.0740. The monoisotopic (exact) mass is 406 g/mol. The summed E-state index contributed by atoms with van der Waals surface area (Å²) in [6.07, 6.45) is 3.91. The van der Waals surface area contributed by atoms with Crippen LogP contribution in [0.4, 0.5) is 17.1 Å². The highest BCUT2D eigenvalue weighted by molar-refractivity contribution is 6.05. The first-order chi connectivity index (χ1) is 14.4. The molecular formula is C25H34N4O. The van der Waals surface area contributed by atoms with Gasteiger partial charge in [-0.1, -0.05) is 6.07 Å². The molecule has 0 aliphatic carbocycles. The Morgan fingerprint density at radius 1 is 1.10 bits per heavy atom. The Bertz CT molecular complexity index is 910. The fraction of sp³-hybridized carbons (Fsp3) is 0.480.